The quantitative estimate of drug-likeness (QED) is 0.626. The van der Waals surface area contributed by atoms with Gasteiger partial charge in [0.1, 0.15) is 29.7 Å². The lowest BCUT2D eigenvalue weighted by Crippen LogP contribution is -2.42. The first kappa shape index (κ1) is 18.3. The third kappa shape index (κ3) is 3.78. The van der Waals surface area contributed by atoms with Gasteiger partial charge in [-0.05, 0) is 49.6 Å². The molecule has 0 spiro atoms. The van der Waals surface area contributed by atoms with E-state index in [1.807, 2.05) is 41.1 Å². The van der Waals surface area contributed by atoms with Gasteiger partial charge in [0, 0.05) is 25.1 Å². The highest BCUT2D eigenvalue weighted by molar-refractivity contribution is 5.43. The van der Waals surface area contributed by atoms with E-state index in [4.69, 9.17) is 14.5 Å². The Hall–Kier alpha value is -3.09. The summed E-state index contributed by atoms with van der Waals surface area (Å²) < 4.78 is 13.4. The molecule has 2 atom stereocenters. The average molecular weight is 379 g/mol. The molecule has 0 aliphatic carbocycles. The van der Waals surface area contributed by atoms with Crippen LogP contribution in [-0.4, -0.2) is 45.3 Å². The highest BCUT2D eigenvalue weighted by atomic mass is 16.5. The zero-order chi connectivity index (χ0) is 19.3. The van der Waals surface area contributed by atoms with Crippen molar-refractivity contribution < 1.29 is 9.47 Å². The maximum atomic E-state index is 6.35. The van der Waals surface area contributed by atoms with Gasteiger partial charge in [-0.15, -0.1) is 0 Å². The predicted molar refractivity (Wildman–Crippen MR) is 107 cm³/mol. The molecule has 0 bridgehead atoms. The number of hydrogen-bond acceptors (Lipinski definition) is 6. The molecule has 2 aromatic heterocycles. The van der Waals surface area contributed by atoms with E-state index in [-0.39, 0.29) is 12.1 Å². The summed E-state index contributed by atoms with van der Waals surface area (Å²) in [5.41, 5.74) is 0. The normalized spacial score (nSPS) is 17.5. The highest BCUT2D eigenvalue weighted by Crippen LogP contribution is 2.30. The van der Waals surface area contributed by atoms with Crippen LogP contribution in [0.4, 0.5) is 5.82 Å². The predicted octanol–water partition coefficient (Wildman–Crippen LogP) is 3.50. The van der Waals surface area contributed by atoms with Crippen molar-refractivity contribution in [1.29, 1.82) is 0 Å². The molecule has 1 aliphatic heterocycles. The van der Waals surface area contributed by atoms with E-state index >= 15 is 0 Å². The van der Waals surface area contributed by atoms with E-state index < -0.39 is 0 Å². The fourth-order valence-corrected chi connectivity index (χ4v) is 3.73. The van der Waals surface area contributed by atoms with Crippen LogP contribution in [0.25, 0.3) is 5.95 Å². The largest absolute Gasteiger partial charge is 0.497 e. The fraction of sp³-hybridized carbons (Fsp3) is 0.381. The monoisotopic (exact) mass is 379 g/mol. The zero-order valence-electron chi connectivity index (χ0n) is 16.2. The average Bonchev–Trinajstić information content (AvgIpc) is 3.45. The Labute approximate surface area is 165 Å². The first-order valence-corrected chi connectivity index (χ1v) is 9.67. The molecular formula is C21H25N5O2. The minimum atomic E-state index is 0.0857. The van der Waals surface area contributed by atoms with Gasteiger partial charge in [-0.2, -0.15) is 4.98 Å². The maximum Gasteiger partial charge on any atom is 0.236 e. The number of rotatable bonds is 7. The minimum Gasteiger partial charge on any atom is -0.497 e. The van der Waals surface area contributed by atoms with Gasteiger partial charge in [0.25, 0.3) is 0 Å². The summed E-state index contributed by atoms with van der Waals surface area (Å²) in [6.07, 6.45) is 10.3. The molecule has 3 aromatic rings. The smallest absolute Gasteiger partial charge is 0.236 e. The van der Waals surface area contributed by atoms with Gasteiger partial charge in [0.05, 0.1) is 13.2 Å². The summed E-state index contributed by atoms with van der Waals surface area (Å²) in [6.45, 7) is 3.13. The Morgan fingerprint density at radius 2 is 1.96 bits per heavy atom. The molecule has 146 valence electrons. The Kier molecular flexibility index (Phi) is 5.41. The van der Waals surface area contributed by atoms with Gasteiger partial charge in [0.15, 0.2) is 0 Å². The first-order valence-electron chi connectivity index (χ1n) is 9.67. The number of hydrogen-bond donors (Lipinski definition) is 0. The van der Waals surface area contributed by atoms with E-state index in [1.165, 1.54) is 0 Å². The van der Waals surface area contributed by atoms with E-state index in [2.05, 4.69) is 21.8 Å². The second-order valence-electron chi connectivity index (χ2n) is 6.83. The fourth-order valence-electron chi connectivity index (χ4n) is 3.73. The molecule has 0 N–H and O–H groups in total. The molecule has 4 rings (SSSR count). The zero-order valence-corrected chi connectivity index (χ0v) is 16.2. The van der Waals surface area contributed by atoms with E-state index in [0.29, 0.717) is 5.95 Å². The van der Waals surface area contributed by atoms with Crippen LogP contribution >= 0.6 is 0 Å². The first-order chi connectivity index (χ1) is 13.8. The lowest BCUT2D eigenvalue weighted by atomic mass is 10.1. The summed E-state index contributed by atoms with van der Waals surface area (Å²) >= 11 is 0. The SMILES string of the molecule is CCC(Oc1ccc(OC)cc1)C1CCCN1c1ccnc(-n2ccnc2)n1. The van der Waals surface area contributed by atoms with Gasteiger partial charge in [0.2, 0.25) is 5.95 Å². The van der Waals surface area contributed by atoms with Gasteiger partial charge in [-0.3, -0.25) is 4.57 Å². The van der Waals surface area contributed by atoms with Crippen LogP contribution in [0.1, 0.15) is 26.2 Å². The molecule has 1 aromatic carbocycles. The molecule has 7 heteroatoms. The van der Waals surface area contributed by atoms with Crippen LogP contribution in [0.2, 0.25) is 0 Å². The second kappa shape index (κ2) is 8.29. The number of methoxy groups -OCH3 is 1. The topological polar surface area (TPSA) is 65.3 Å². The van der Waals surface area contributed by atoms with E-state index in [1.54, 1.807) is 25.8 Å². The number of benzene rings is 1. The van der Waals surface area contributed by atoms with Gasteiger partial charge in [-0.1, -0.05) is 6.92 Å². The van der Waals surface area contributed by atoms with Crippen molar-refractivity contribution in [3.63, 3.8) is 0 Å². The minimum absolute atomic E-state index is 0.0857. The van der Waals surface area contributed by atoms with E-state index in [0.717, 1.165) is 43.1 Å². The molecule has 3 heterocycles. The molecule has 28 heavy (non-hydrogen) atoms. The lowest BCUT2D eigenvalue weighted by molar-refractivity contribution is 0.166. The molecule has 7 nitrogen and oxygen atoms in total. The third-order valence-electron chi connectivity index (χ3n) is 5.14. The van der Waals surface area contributed by atoms with Gasteiger partial charge in [-0.25, -0.2) is 9.97 Å². The molecule has 1 saturated heterocycles. The third-order valence-corrected chi connectivity index (χ3v) is 5.14. The molecule has 1 fully saturated rings. The number of ether oxygens (including phenoxy) is 2. The van der Waals surface area contributed by atoms with Crippen molar-refractivity contribution in [3.05, 3.63) is 55.2 Å². The molecule has 0 saturated carbocycles. The van der Waals surface area contributed by atoms with Crippen LogP contribution in [0.5, 0.6) is 11.5 Å². The van der Waals surface area contributed by atoms with Crippen molar-refractivity contribution >= 4 is 5.82 Å². The van der Waals surface area contributed by atoms with Crippen molar-refractivity contribution in [1.82, 2.24) is 19.5 Å². The van der Waals surface area contributed by atoms with Crippen LogP contribution in [-0.2, 0) is 0 Å². The Morgan fingerprint density at radius 3 is 2.68 bits per heavy atom. The molecule has 0 radical (unpaired) electrons. The molecule has 0 amide bonds. The van der Waals surface area contributed by atoms with E-state index in [9.17, 15) is 0 Å². The summed E-state index contributed by atoms with van der Waals surface area (Å²) in [6, 6.07) is 10.0. The molecule has 2 unspecified atom stereocenters. The summed E-state index contributed by atoms with van der Waals surface area (Å²) in [5, 5.41) is 0. The van der Waals surface area contributed by atoms with Crippen LogP contribution < -0.4 is 14.4 Å². The number of nitrogens with zero attached hydrogens (tertiary/aromatic N) is 5. The van der Waals surface area contributed by atoms with Crippen LogP contribution in [0.3, 0.4) is 0 Å². The Balaban J connectivity index is 1.54. The Morgan fingerprint density at radius 1 is 1.14 bits per heavy atom. The molecular weight excluding hydrogens is 354 g/mol. The number of anilines is 1. The highest BCUT2D eigenvalue weighted by Gasteiger charge is 2.33. The van der Waals surface area contributed by atoms with Gasteiger partial charge < -0.3 is 14.4 Å². The van der Waals surface area contributed by atoms with Crippen molar-refractivity contribution in [2.75, 3.05) is 18.6 Å². The van der Waals surface area contributed by atoms with Crippen molar-refractivity contribution in [2.45, 2.75) is 38.3 Å². The molecule has 1 aliphatic rings. The van der Waals surface area contributed by atoms with Crippen LogP contribution in [0, 0.1) is 0 Å². The Bertz CT molecular complexity index is 882. The maximum absolute atomic E-state index is 6.35. The lowest BCUT2D eigenvalue weighted by Gasteiger charge is -2.32. The van der Waals surface area contributed by atoms with Crippen molar-refractivity contribution in [3.8, 4) is 17.4 Å². The summed E-state index contributed by atoms with van der Waals surface area (Å²) in [7, 11) is 1.67. The number of imidazole rings is 1. The summed E-state index contributed by atoms with van der Waals surface area (Å²) in [5.74, 6) is 3.25. The standard InChI is InChI=1S/C21H25N5O2/c1-3-19(28-17-8-6-16(27-2)7-9-17)18-5-4-13-26(18)20-10-11-23-21(24-20)25-14-12-22-15-25/h6-12,14-15,18-19H,3-5,13H2,1-2H3. The van der Waals surface area contributed by atoms with Crippen molar-refractivity contribution in [2.24, 2.45) is 0 Å². The second-order valence-corrected chi connectivity index (χ2v) is 6.83. The van der Waals surface area contributed by atoms with Crippen LogP contribution in [0.15, 0.2) is 55.2 Å². The van der Waals surface area contributed by atoms with Gasteiger partial charge >= 0.3 is 0 Å². The summed E-state index contributed by atoms with van der Waals surface area (Å²) in [4.78, 5) is 15.6. The number of aromatic nitrogens is 4.